The molecule has 0 fully saturated rings. The minimum absolute atomic E-state index is 0.170. The van der Waals surface area contributed by atoms with Gasteiger partial charge in [-0.15, -0.1) is 0 Å². The molecule has 1 rings (SSSR count). The van der Waals surface area contributed by atoms with Crippen molar-refractivity contribution in [2.24, 2.45) is 5.92 Å². The van der Waals surface area contributed by atoms with Gasteiger partial charge in [0.2, 0.25) is 0 Å². The first kappa shape index (κ1) is 16.5. The third-order valence-electron chi connectivity index (χ3n) is 3.57. The molecule has 0 aliphatic heterocycles. The van der Waals surface area contributed by atoms with Gasteiger partial charge in [-0.25, -0.2) is 9.78 Å². The number of rotatable bonds is 6. The van der Waals surface area contributed by atoms with E-state index in [2.05, 4.69) is 24.1 Å². The standard InChI is InChI=1S/C16H26N2O2/c1-6-11(7-2)10-17-14-9-12(15(19)20)8-13(18-14)16(3,4)5/h8-9,11H,6-7,10H2,1-5H3,(H,17,18)(H,19,20). The summed E-state index contributed by atoms with van der Waals surface area (Å²) in [7, 11) is 0. The van der Waals surface area contributed by atoms with Crippen LogP contribution in [0.3, 0.4) is 0 Å². The summed E-state index contributed by atoms with van der Waals surface area (Å²) in [5.41, 5.74) is 0.915. The van der Waals surface area contributed by atoms with Gasteiger partial charge in [-0.1, -0.05) is 47.5 Å². The van der Waals surface area contributed by atoms with Crippen LogP contribution in [0.1, 0.15) is 63.5 Å². The molecular weight excluding hydrogens is 252 g/mol. The van der Waals surface area contributed by atoms with Crippen molar-refractivity contribution >= 4 is 11.8 Å². The molecule has 1 heterocycles. The molecule has 0 aliphatic carbocycles. The van der Waals surface area contributed by atoms with E-state index in [4.69, 9.17) is 0 Å². The van der Waals surface area contributed by atoms with Gasteiger partial charge in [0.25, 0.3) is 0 Å². The Morgan fingerprint density at radius 1 is 1.30 bits per heavy atom. The lowest BCUT2D eigenvalue weighted by atomic mass is 9.90. The molecule has 0 bridgehead atoms. The fourth-order valence-electron chi connectivity index (χ4n) is 1.96. The molecule has 0 saturated carbocycles. The first-order chi connectivity index (χ1) is 9.27. The maximum absolute atomic E-state index is 11.2. The molecule has 0 atom stereocenters. The molecular formula is C16H26N2O2. The quantitative estimate of drug-likeness (QED) is 0.827. The van der Waals surface area contributed by atoms with Gasteiger partial charge >= 0.3 is 5.97 Å². The molecule has 2 N–H and O–H groups in total. The van der Waals surface area contributed by atoms with Crippen LogP contribution in [0, 0.1) is 5.92 Å². The van der Waals surface area contributed by atoms with Gasteiger partial charge in [0.05, 0.1) is 5.56 Å². The Bertz CT molecular complexity index is 460. The van der Waals surface area contributed by atoms with Crippen LogP contribution in [0.2, 0.25) is 0 Å². The Morgan fingerprint density at radius 2 is 1.90 bits per heavy atom. The van der Waals surface area contributed by atoms with Crippen LogP contribution in [0.5, 0.6) is 0 Å². The largest absolute Gasteiger partial charge is 0.478 e. The number of pyridine rings is 1. The highest BCUT2D eigenvalue weighted by molar-refractivity contribution is 5.88. The molecule has 0 aliphatic rings. The van der Waals surface area contributed by atoms with Crippen LogP contribution >= 0.6 is 0 Å². The number of hydrogen-bond acceptors (Lipinski definition) is 3. The molecule has 1 aromatic rings. The summed E-state index contributed by atoms with van der Waals surface area (Å²) in [6.45, 7) is 11.3. The number of hydrogen-bond donors (Lipinski definition) is 2. The molecule has 0 amide bonds. The zero-order chi connectivity index (χ0) is 15.3. The fourth-order valence-corrected chi connectivity index (χ4v) is 1.96. The molecule has 112 valence electrons. The maximum Gasteiger partial charge on any atom is 0.335 e. The van der Waals surface area contributed by atoms with Crippen LogP contribution < -0.4 is 5.32 Å². The Kier molecular flexibility index (Phi) is 5.54. The molecule has 20 heavy (non-hydrogen) atoms. The summed E-state index contributed by atoms with van der Waals surface area (Å²) >= 11 is 0. The Balaban J connectivity index is 3.01. The van der Waals surface area contributed by atoms with Gasteiger partial charge < -0.3 is 10.4 Å². The molecule has 0 radical (unpaired) electrons. The van der Waals surface area contributed by atoms with Crippen LogP contribution in [0.25, 0.3) is 0 Å². The average molecular weight is 278 g/mol. The fraction of sp³-hybridized carbons (Fsp3) is 0.625. The van der Waals surface area contributed by atoms with E-state index in [-0.39, 0.29) is 11.0 Å². The monoisotopic (exact) mass is 278 g/mol. The summed E-state index contributed by atoms with van der Waals surface area (Å²) in [5.74, 6) is 0.327. The normalized spacial score (nSPS) is 11.7. The van der Waals surface area contributed by atoms with Gasteiger partial charge in [-0.3, -0.25) is 0 Å². The summed E-state index contributed by atoms with van der Waals surface area (Å²) in [4.78, 5) is 15.8. The van der Waals surface area contributed by atoms with E-state index in [1.807, 2.05) is 20.8 Å². The second-order valence-corrected chi connectivity index (χ2v) is 6.24. The summed E-state index contributed by atoms with van der Waals surface area (Å²) in [5, 5.41) is 12.5. The molecule has 0 unspecified atom stereocenters. The highest BCUT2D eigenvalue weighted by atomic mass is 16.4. The van der Waals surface area contributed by atoms with E-state index >= 15 is 0 Å². The van der Waals surface area contributed by atoms with Crippen LogP contribution in [-0.4, -0.2) is 22.6 Å². The van der Waals surface area contributed by atoms with Crippen molar-refractivity contribution in [3.05, 3.63) is 23.4 Å². The third-order valence-corrected chi connectivity index (χ3v) is 3.57. The van der Waals surface area contributed by atoms with Crippen molar-refractivity contribution in [3.63, 3.8) is 0 Å². The first-order valence-electron chi connectivity index (χ1n) is 7.27. The van der Waals surface area contributed by atoms with Gasteiger partial charge in [-0.2, -0.15) is 0 Å². The van der Waals surface area contributed by atoms with Crippen molar-refractivity contribution in [2.45, 2.75) is 52.9 Å². The van der Waals surface area contributed by atoms with Crippen molar-refractivity contribution in [1.29, 1.82) is 0 Å². The van der Waals surface area contributed by atoms with E-state index in [0.717, 1.165) is 25.1 Å². The second-order valence-electron chi connectivity index (χ2n) is 6.24. The lowest BCUT2D eigenvalue weighted by molar-refractivity contribution is 0.0696. The highest BCUT2D eigenvalue weighted by Gasteiger charge is 2.19. The first-order valence-corrected chi connectivity index (χ1v) is 7.27. The highest BCUT2D eigenvalue weighted by Crippen LogP contribution is 2.23. The van der Waals surface area contributed by atoms with Crippen molar-refractivity contribution in [1.82, 2.24) is 4.98 Å². The number of aromatic carboxylic acids is 1. The van der Waals surface area contributed by atoms with Gasteiger partial charge in [-0.05, 0) is 18.1 Å². The van der Waals surface area contributed by atoms with Gasteiger partial charge in [0.15, 0.2) is 0 Å². The van der Waals surface area contributed by atoms with Crippen LogP contribution in [-0.2, 0) is 5.41 Å². The number of nitrogens with one attached hydrogen (secondary N) is 1. The number of carboxylic acid groups (broad SMARTS) is 1. The topological polar surface area (TPSA) is 62.2 Å². The molecule has 1 aromatic heterocycles. The Labute approximate surface area is 121 Å². The zero-order valence-electron chi connectivity index (χ0n) is 13.2. The average Bonchev–Trinajstić information content (AvgIpc) is 2.38. The predicted octanol–water partition coefficient (Wildman–Crippen LogP) is 3.93. The van der Waals surface area contributed by atoms with Crippen molar-refractivity contribution in [2.75, 3.05) is 11.9 Å². The number of nitrogens with zero attached hydrogens (tertiary/aromatic N) is 1. The van der Waals surface area contributed by atoms with Crippen molar-refractivity contribution in [3.8, 4) is 0 Å². The molecule has 0 saturated heterocycles. The Morgan fingerprint density at radius 3 is 2.35 bits per heavy atom. The van der Waals surface area contributed by atoms with E-state index in [9.17, 15) is 9.90 Å². The minimum Gasteiger partial charge on any atom is -0.478 e. The van der Waals surface area contributed by atoms with E-state index in [0.29, 0.717) is 11.7 Å². The van der Waals surface area contributed by atoms with Gasteiger partial charge in [0.1, 0.15) is 5.82 Å². The van der Waals surface area contributed by atoms with E-state index in [1.165, 1.54) is 0 Å². The predicted molar refractivity (Wildman–Crippen MR) is 82.5 cm³/mol. The summed E-state index contributed by atoms with van der Waals surface area (Å²) < 4.78 is 0. The maximum atomic E-state index is 11.2. The molecule has 4 heteroatoms. The van der Waals surface area contributed by atoms with Crippen molar-refractivity contribution < 1.29 is 9.90 Å². The number of carbonyl (C=O) groups is 1. The SMILES string of the molecule is CCC(CC)CNc1cc(C(=O)O)cc(C(C)(C)C)n1. The minimum atomic E-state index is -0.913. The smallest absolute Gasteiger partial charge is 0.335 e. The Hall–Kier alpha value is -1.58. The summed E-state index contributed by atoms with van der Waals surface area (Å²) in [6.07, 6.45) is 2.21. The van der Waals surface area contributed by atoms with Crippen LogP contribution in [0.4, 0.5) is 5.82 Å². The van der Waals surface area contributed by atoms with Crippen LogP contribution in [0.15, 0.2) is 12.1 Å². The summed E-state index contributed by atoms with van der Waals surface area (Å²) in [6, 6.07) is 3.27. The molecule has 0 spiro atoms. The molecule has 0 aromatic carbocycles. The number of anilines is 1. The number of aromatic nitrogens is 1. The van der Waals surface area contributed by atoms with E-state index in [1.54, 1.807) is 12.1 Å². The lowest BCUT2D eigenvalue weighted by Crippen LogP contribution is -2.18. The number of carboxylic acids is 1. The molecule has 4 nitrogen and oxygen atoms in total. The van der Waals surface area contributed by atoms with Gasteiger partial charge in [0, 0.05) is 17.7 Å². The lowest BCUT2D eigenvalue weighted by Gasteiger charge is -2.20. The van der Waals surface area contributed by atoms with E-state index < -0.39 is 5.97 Å². The zero-order valence-corrected chi connectivity index (χ0v) is 13.2. The third kappa shape index (κ3) is 4.51. The second kappa shape index (κ2) is 6.73.